The molecule has 3 aromatic rings. The topological polar surface area (TPSA) is 94.0 Å². The zero-order valence-corrected chi connectivity index (χ0v) is 23.6. The van der Waals surface area contributed by atoms with Crippen molar-refractivity contribution in [2.75, 3.05) is 31.3 Å². The second-order valence-corrected chi connectivity index (χ2v) is 17.4. The van der Waals surface area contributed by atoms with E-state index in [0.717, 1.165) is 67.3 Å². The molecule has 0 aromatic carbocycles. The predicted molar refractivity (Wildman–Crippen MR) is 147 cm³/mol. The Bertz CT molecular complexity index is 1270. The highest BCUT2D eigenvalue weighted by atomic mass is 28.3. The van der Waals surface area contributed by atoms with Gasteiger partial charge in [0.15, 0.2) is 11.5 Å². The molecule has 0 spiro atoms. The number of hydrogen-bond donors (Lipinski definition) is 0. The molecular weight excluding hydrogens is 482 g/mol. The van der Waals surface area contributed by atoms with Gasteiger partial charge in [-0.25, -0.2) is 9.67 Å². The van der Waals surface area contributed by atoms with Gasteiger partial charge in [-0.2, -0.15) is 20.1 Å². The van der Waals surface area contributed by atoms with Crippen LogP contribution in [-0.4, -0.2) is 65.0 Å². The number of ether oxygens (including phenoxy) is 2. The number of hydrogen-bond acceptors (Lipinski definition) is 7. The second kappa shape index (κ2) is 10.6. The van der Waals surface area contributed by atoms with Crippen LogP contribution in [0.25, 0.3) is 16.9 Å². The van der Waals surface area contributed by atoms with Crippen LogP contribution in [0.1, 0.15) is 44.6 Å². The van der Waals surface area contributed by atoms with Gasteiger partial charge in [-0.15, -0.1) is 0 Å². The second-order valence-electron chi connectivity index (χ2n) is 11.8. The maximum atomic E-state index is 10.4. The van der Waals surface area contributed by atoms with E-state index in [1.165, 1.54) is 6.42 Å². The van der Waals surface area contributed by atoms with E-state index in [-0.39, 0.29) is 6.04 Å². The van der Waals surface area contributed by atoms with Crippen molar-refractivity contribution in [1.82, 2.24) is 24.5 Å². The van der Waals surface area contributed by atoms with Gasteiger partial charge in [0.2, 0.25) is 0 Å². The average molecular weight is 522 g/mol. The molecule has 0 bridgehead atoms. The Kier molecular flexibility index (Phi) is 7.39. The molecule has 3 aromatic heterocycles. The van der Waals surface area contributed by atoms with E-state index in [9.17, 15) is 5.26 Å². The molecule has 5 rings (SSSR count). The molecule has 0 amide bonds. The van der Waals surface area contributed by atoms with Crippen molar-refractivity contribution in [3.8, 4) is 11.9 Å². The Morgan fingerprint density at radius 1 is 1.22 bits per heavy atom. The predicted octanol–water partition coefficient (Wildman–Crippen LogP) is 4.88. The van der Waals surface area contributed by atoms with Gasteiger partial charge in [0, 0.05) is 38.9 Å². The third-order valence-corrected chi connectivity index (χ3v) is 9.39. The Balaban J connectivity index is 1.52. The Labute approximate surface area is 220 Å². The first kappa shape index (κ1) is 25.9. The number of rotatable bonds is 8. The van der Waals surface area contributed by atoms with Gasteiger partial charge in [0.25, 0.3) is 0 Å². The monoisotopic (exact) mass is 521 g/mol. The maximum Gasteiger partial charge on any atom is 0.177 e. The normalized spacial score (nSPS) is 20.3. The number of pyridine rings is 1. The fourth-order valence-corrected chi connectivity index (χ4v) is 6.19. The van der Waals surface area contributed by atoms with E-state index in [0.29, 0.717) is 25.8 Å². The SMILES string of the molecule is CC1COCCN1c1cc(C2(C#N)CCCCC2)c2cnn(-c3ccn(COCC[Si](C)(C)C)n3)c2n1. The summed E-state index contributed by atoms with van der Waals surface area (Å²) in [6.45, 7) is 12.5. The molecule has 1 atom stereocenters. The standard InChI is InChI=1S/C27H39N7O2Si/c1-21-18-35-13-12-33(21)25-16-23(27(19-28)9-6-5-7-10-27)22-17-29-34(26(22)30-25)24-8-11-32(31-24)20-36-14-15-37(2,3)4/h8,11,16-17,21H,5-7,9-10,12-15,18,20H2,1-4H3. The van der Waals surface area contributed by atoms with Crippen LogP contribution in [0.3, 0.4) is 0 Å². The molecule has 198 valence electrons. The first-order chi connectivity index (χ1) is 17.8. The number of nitrogens with zero attached hydrogens (tertiary/aromatic N) is 7. The molecule has 9 nitrogen and oxygen atoms in total. The Morgan fingerprint density at radius 3 is 2.76 bits per heavy atom. The highest BCUT2D eigenvalue weighted by Crippen LogP contribution is 2.43. The van der Waals surface area contributed by atoms with Gasteiger partial charge < -0.3 is 14.4 Å². The zero-order chi connectivity index (χ0) is 26.0. The van der Waals surface area contributed by atoms with Crippen LogP contribution in [0.15, 0.2) is 24.5 Å². The van der Waals surface area contributed by atoms with Crippen molar-refractivity contribution < 1.29 is 9.47 Å². The molecular formula is C27H39N7O2Si. The number of nitriles is 1. The molecule has 10 heteroatoms. The minimum atomic E-state index is -1.13. The summed E-state index contributed by atoms with van der Waals surface area (Å²) in [5.41, 5.74) is 1.28. The third-order valence-electron chi connectivity index (χ3n) is 7.69. The summed E-state index contributed by atoms with van der Waals surface area (Å²) in [6.07, 6.45) is 8.84. The lowest BCUT2D eigenvalue weighted by Crippen LogP contribution is -2.44. The molecule has 1 aliphatic carbocycles. The molecule has 1 saturated heterocycles. The molecule has 1 unspecified atom stereocenters. The molecule has 0 N–H and O–H groups in total. The molecule has 2 fully saturated rings. The average Bonchev–Trinajstić information content (AvgIpc) is 3.53. The van der Waals surface area contributed by atoms with Gasteiger partial charge in [-0.3, -0.25) is 0 Å². The summed E-state index contributed by atoms with van der Waals surface area (Å²) >= 11 is 0. The van der Waals surface area contributed by atoms with Crippen molar-refractivity contribution in [3.05, 3.63) is 30.1 Å². The lowest BCUT2D eigenvalue weighted by Gasteiger charge is -2.36. The van der Waals surface area contributed by atoms with E-state index in [2.05, 4.69) is 43.6 Å². The van der Waals surface area contributed by atoms with Crippen molar-refractivity contribution in [2.45, 2.75) is 82.9 Å². The fourth-order valence-electron chi connectivity index (χ4n) is 5.43. The van der Waals surface area contributed by atoms with Gasteiger partial charge in [0.1, 0.15) is 12.5 Å². The Morgan fingerprint density at radius 2 is 2.03 bits per heavy atom. The van der Waals surface area contributed by atoms with E-state index < -0.39 is 13.5 Å². The fraction of sp³-hybridized carbons (Fsp3) is 0.630. The van der Waals surface area contributed by atoms with Crippen molar-refractivity contribution in [1.29, 1.82) is 5.26 Å². The number of morpholine rings is 1. The number of aromatic nitrogens is 5. The summed E-state index contributed by atoms with van der Waals surface area (Å²) in [7, 11) is -1.13. The van der Waals surface area contributed by atoms with Crippen LogP contribution >= 0.6 is 0 Å². The largest absolute Gasteiger partial charge is 0.377 e. The first-order valence-electron chi connectivity index (χ1n) is 13.6. The van der Waals surface area contributed by atoms with Crippen molar-refractivity contribution in [2.24, 2.45) is 0 Å². The number of fused-ring (bicyclic) bond motifs is 1. The number of anilines is 1. The van der Waals surface area contributed by atoms with E-state index in [1.807, 2.05) is 18.5 Å². The van der Waals surface area contributed by atoms with Gasteiger partial charge >= 0.3 is 0 Å². The molecule has 37 heavy (non-hydrogen) atoms. The van der Waals surface area contributed by atoms with Gasteiger partial charge in [-0.05, 0) is 37.4 Å². The molecule has 4 heterocycles. The van der Waals surface area contributed by atoms with Crippen LogP contribution in [0, 0.1) is 11.3 Å². The van der Waals surface area contributed by atoms with Gasteiger partial charge in [0.05, 0.1) is 36.9 Å². The molecule has 1 saturated carbocycles. The lowest BCUT2D eigenvalue weighted by molar-refractivity contribution is 0.0785. The highest BCUT2D eigenvalue weighted by Gasteiger charge is 2.37. The molecule has 1 aliphatic heterocycles. The summed E-state index contributed by atoms with van der Waals surface area (Å²) in [4.78, 5) is 7.40. The summed E-state index contributed by atoms with van der Waals surface area (Å²) in [5, 5.41) is 20.8. The van der Waals surface area contributed by atoms with Crippen LogP contribution in [-0.2, 0) is 21.6 Å². The highest BCUT2D eigenvalue weighted by molar-refractivity contribution is 6.76. The minimum Gasteiger partial charge on any atom is -0.377 e. The maximum absolute atomic E-state index is 10.4. The van der Waals surface area contributed by atoms with Crippen LogP contribution in [0.5, 0.6) is 0 Å². The summed E-state index contributed by atoms with van der Waals surface area (Å²) < 4.78 is 15.2. The third kappa shape index (κ3) is 5.44. The quantitative estimate of drug-likeness (QED) is 0.308. The van der Waals surface area contributed by atoms with Crippen molar-refractivity contribution in [3.63, 3.8) is 0 Å². The van der Waals surface area contributed by atoms with Crippen molar-refractivity contribution >= 4 is 24.9 Å². The smallest absolute Gasteiger partial charge is 0.177 e. The van der Waals surface area contributed by atoms with Crippen LogP contribution in [0.2, 0.25) is 25.7 Å². The molecule has 0 radical (unpaired) electrons. The van der Waals surface area contributed by atoms with E-state index in [4.69, 9.17) is 24.7 Å². The summed E-state index contributed by atoms with van der Waals surface area (Å²) in [6, 6.07) is 8.15. The van der Waals surface area contributed by atoms with Gasteiger partial charge in [-0.1, -0.05) is 38.9 Å². The summed E-state index contributed by atoms with van der Waals surface area (Å²) in [5.74, 6) is 1.58. The van der Waals surface area contributed by atoms with Crippen LogP contribution < -0.4 is 4.90 Å². The Hall–Kier alpha value is -2.74. The minimum absolute atomic E-state index is 0.208. The lowest BCUT2D eigenvalue weighted by atomic mass is 9.70. The molecule has 2 aliphatic rings. The van der Waals surface area contributed by atoms with Crippen LogP contribution in [0.4, 0.5) is 5.82 Å². The van der Waals surface area contributed by atoms with E-state index >= 15 is 0 Å². The zero-order valence-electron chi connectivity index (χ0n) is 22.6. The van der Waals surface area contributed by atoms with E-state index in [1.54, 1.807) is 9.36 Å². The first-order valence-corrected chi connectivity index (χ1v) is 17.3.